The Bertz CT molecular complexity index is 314. The normalized spacial score (nSPS) is 21.3. The molecule has 2 atom stereocenters. The summed E-state index contributed by atoms with van der Waals surface area (Å²) >= 11 is 0. The van der Waals surface area contributed by atoms with Crippen molar-refractivity contribution in [1.29, 1.82) is 0 Å². The van der Waals surface area contributed by atoms with Crippen molar-refractivity contribution in [2.75, 3.05) is 19.7 Å². The van der Waals surface area contributed by atoms with E-state index in [2.05, 4.69) is 5.32 Å². The van der Waals surface area contributed by atoms with Crippen LogP contribution < -0.4 is 5.32 Å². The maximum atomic E-state index is 12.1. The predicted octanol–water partition coefficient (Wildman–Crippen LogP) is 0.768. The number of piperidine rings is 1. The van der Waals surface area contributed by atoms with Crippen LogP contribution in [-0.4, -0.2) is 47.6 Å². The largest absolute Gasteiger partial charge is 0.394 e. The monoisotopic (exact) mass is 270 g/mol. The molecule has 1 rings (SSSR count). The first-order chi connectivity index (χ1) is 8.99. The maximum absolute atomic E-state index is 12.1. The summed E-state index contributed by atoms with van der Waals surface area (Å²) in [5.74, 6) is -0.0893. The summed E-state index contributed by atoms with van der Waals surface area (Å²) in [5, 5.41) is 12.0. The molecule has 110 valence electrons. The number of carbonyl (C=O) groups is 2. The number of rotatable bonds is 5. The van der Waals surface area contributed by atoms with Crippen LogP contribution in [0.5, 0.6) is 0 Å². The molecule has 1 fully saturated rings. The molecule has 1 heterocycles. The number of aliphatic hydroxyl groups is 1. The van der Waals surface area contributed by atoms with Crippen molar-refractivity contribution in [2.24, 2.45) is 11.8 Å². The van der Waals surface area contributed by atoms with Crippen LogP contribution in [-0.2, 0) is 9.59 Å². The van der Waals surface area contributed by atoms with Crippen molar-refractivity contribution >= 4 is 11.8 Å². The topological polar surface area (TPSA) is 69.6 Å². The number of aliphatic hydroxyl groups excluding tert-OH is 1. The molecule has 5 heteroatoms. The van der Waals surface area contributed by atoms with E-state index >= 15 is 0 Å². The van der Waals surface area contributed by atoms with Gasteiger partial charge in [-0.1, -0.05) is 20.8 Å². The molecule has 0 radical (unpaired) electrons. The summed E-state index contributed by atoms with van der Waals surface area (Å²) in [5.41, 5.74) is 0. The molecule has 5 nitrogen and oxygen atoms in total. The highest BCUT2D eigenvalue weighted by Gasteiger charge is 2.29. The molecule has 0 aromatic carbocycles. The third-order valence-corrected chi connectivity index (χ3v) is 3.66. The minimum Gasteiger partial charge on any atom is -0.394 e. The number of amides is 2. The number of carbonyl (C=O) groups excluding carboxylic acids is 2. The Morgan fingerprint density at radius 3 is 2.63 bits per heavy atom. The molecule has 1 aliphatic rings. The third-order valence-electron chi connectivity index (χ3n) is 3.66. The van der Waals surface area contributed by atoms with Crippen LogP contribution in [0.2, 0.25) is 0 Å². The van der Waals surface area contributed by atoms with Gasteiger partial charge in [-0.3, -0.25) is 9.59 Å². The van der Waals surface area contributed by atoms with Crippen LogP contribution in [0.25, 0.3) is 0 Å². The van der Waals surface area contributed by atoms with Gasteiger partial charge in [0.2, 0.25) is 11.8 Å². The molecule has 0 aromatic rings. The Labute approximate surface area is 115 Å². The van der Waals surface area contributed by atoms with Crippen molar-refractivity contribution < 1.29 is 14.7 Å². The second-order valence-electron chi connectivity index (χ2n) is 5.57. The quantitative estimate of drug-likeness (QED) is 0.775. The van der Waals surface area contributed by atoms with Gasteiger partial charge < -0.3 is 15.3 Å². The fourth-order valence-electron chi connectivity index (χ4n) is 2.35. The van der Waals surface area contributed by atoms with Gasteiger partial charge in [0, 0.05) is 19.0 Å². The van der Waals surface area contributed by atoms with Crippen LogP contribution in [0.1, 0.15) is 40.0 Å². The van der Waals surface area contributed by atoms with E-state index in [1.54, 1.807) is 4.90 Å². The van der Waals surface area contributed by atoms with E-state index in [0.29, 0.717) is 13.0 Å². The molecule has 19 heavy (non-hydrogen) atoms. The number of nitrogens with zero attached hydrogens (tertiary/aromatic N) is 1. The van der Waals surface area contributed by atoms with E-state index in [1.807, 2.05) is 20.8 Å². The molecule has 0 aliphatic carbocycles. The summed E-state index contributed by atoms with van der Waals surface area (Å²) < 4.78 is 0. The van der Waals surface area contributed by atoms with Gasteiger partial charge in [-0.15, -0.1) is 0 Å². The molecule has 2 N–H and O–H groups in total. The third kappa shape index (κ3) is 4.49. The minimum absolute atomic E-state index is 0.0253. The lowest BCUT2D eigenvalue weighted by Crippen LogP contribution is -2.49. The standard InChI is InChI=1S/C14H26N2O3/c1-4-12(9-17)15-13(18)11-6-5-7-16(8-11)14(19)10(2)3/h10-12,17H,4-9H2,1-3H3,(H,15,18)/t11?,12-/m0/s1. The highest BCUT2D eigenvalue weighted by atomic mass is 16.3. The summed E-state index contributed by atoms with van der Waals surface area (Å²) in [6.45, 7) is 6.90. The van der Waals surface area contributed by atoms with E-state index in [-0.39, 0.29) is 36.3 Å². The first kappa shape index (κ1) is 16.0. The lowest BCUT2D eigenvalue weighted by molar-refractivity contribution is -0.138. The first-order valence-corrected chi connectivity index (χ1v) is 7.19. The molecule has 2 amide bonds. The van der Waals surface area contributed by atoms with Gasteiger partial charge in [0.25, 0.3) is 0 Å². The van der Waals surface area contributed by atoms with E-state index in [4.69, 9.17) is 5.11 Å². The Morgan fingerprint density at radius 1 is 1.42 bits per heavy atom. The zero-order chi connectivity index (χ0) is 14.4. The Morgan fingerprint density at radius 2 is 2.11 bits per heavy atom. The summed E-state index contributed by atoms with van der Waals surface area (Å²) in [6, 6.07) is -0.177. The molecule has 1 unspecified atom stereocenters. The number of likely N-dealkylation sites (tertiary alicyclic amines) is 1. The fourth-order valence-corrected chi connectivity index (χ4v) is 2.35. The van der Waals surface area contributed by atoms with Crippen LogP contribution in [0.3, 0.4) is 0 Å². The average Bonchev–Trinajstić information content (AvgIpc) is 2.43. The van der Waals surface area contributed by atoms with Crippen molar-refractivity contribution in [3.63, 3.8) is 0 Å². The number of nitrogens with one attached hydrogen (secondary N) is 1. The fraction of sp³-hybridized carbons (Fsp3) is 0.857. The van der Waals surface area contributed by atoms with Gasteiger partial charge in [0.05, 0.1) is 18.6 Å². The van der Waals surface area contributed by atoms with E-state index in [1.165, 1.54) is 0 Å². The second kappa shape index (κ2) is 7.48. The molecular weight excluding hydrogens is 244 g/mol. The molecule has 0 aromatic heterocycles. The van der Waals surface area contributed by atoms with Crippen LogP contribution in [0, 0.1) is 11.8 Å². The van der Waals surface area contributed by atoms with Gasteiger partial charge in [-0.05, 0) is 19.3 Å². The van der Waals surface area contributed by atoms with Crippen LogP contribution in [0.4, 0.5) is 0 Å². The average molecular weight is 270 g/mol. The van der Waals surface area contributed by atoms with Gasteiger partial charge >= 0.3 is 0 Å². The molecule has 1 saturated heterocycles. The van der Waals surface area contributed by atoms with Crippen molar-refractivity contribution in [3.05, 3.63) is 0 Å². The van der Waals surface area contributed by atoms with Crippen LogP contribution in [0.15, 0.2) is 0 Å². The lowest BCUT2D eigenvalue weighted by Gasteiger charge is -2.33. The highest BCUT2D eigenvalue weighted by molar-refractivity contribution is 5.82. The summed E-state index contributed by atoms with van der Waals surface area (Å²) in [4.78, 5) is 25.8. The maximum Gasteiger partial charge on any atom is 0.225 e. The SMILES string of the molecule is CC[C@@H](CO)NC(=O)C1CCCN(C(=O)C(C)C)C1. The summed E-state index contributed by atoms with van der Waals surface area (Å²) in [7, 11) is 0. The molecule has 0 spiro atoms. The molecule has 1 aliphatic heterocycles. The Hall–Kier alpha value is -1.10. The van der Waals surface area contributed by atoms with Crippen LogP contribution >= 0.6 is 0 Å². The van der Waals surface area contributed by atoms with Crippen molar-refractivity contribution in [2.45, 2.75) is 46.1 Å². The Balaban J connectivity index is 2.54. The highest BCUT2D eigenvalue weighted by Crippen LogP contribution is 2.18. The lowest BCUT2D eigenvalue weighted by atomic mass is 9.95. The van der Waals surface area contributed by atoms with Gasteiger partial charge in [-0.25, -0.2) is 0 Å². The first-order valence-electron chi connectivity index (χ1n) is 7.19. The molecular formula is C14H26N2O3. The van der Waals surface area contributed by atoms with Gasteiger partial charge in [0.1, 0.15) is 0 Å². The van der Waals surface area contributed by atoms with E-state index in [9.17, 15) is 9.59 Å². The molecule has 0 saturated carbocycles. The van der Waals surface area contributed by atoms with Crippen molar-refractivity contribution in [3.8, 4) is 0 Å². The minimum atomic E-state index is -0.177. The van der Waals surface area contributed by atoms with Gasteiger partial charge in [-0.2, -0.15) is 0 Å². The van der Waals surface area contributed by atoms with Crippen molar-refractivity contribution in [1.82, 2.24) is 10.2 Å². The summed E-state index contributed by atoms with van der Waals surface area (Å²) in [6.07, 6.45) is 2.39. The second-order valence-corrected chi connectivity index (χ2v) is 5.57. The Kier molecular flexibility index (Phi) is 6.28. The van der Waals surface area contributed by atoms with E-state index < -0.39 is 0 Å². The van der Waals surface area contributed by atoms with Gasteiger partial charge in [0.15, 0.2) is 0 Å². The smallest absolute Gasteiger partial charge is 0.225 e. The predicted molar refractivity (Wildman–Crippen MR) is 73.4 cm³/mol. The molecule has 0 bridgehead atoms. The zero-order valence-electron chi connectivity index (χ0n) is 12.2. The number of hydrogen-bond donors (Lipinski definition) is 2. The number of hydrogen-bond acceptors (Lipinski definition) is 3. The zero-order valence-corrected chi connectivity index (χ0v) is 12.2. The van der Waals surface area contributed by atoms with E-state index in [0.717, 1.165) is 19.4 Å².